The minimum Gasteiger partial charge on any atom is -0.396 e. The molecule has 1 atom stereocenters. The predicted molar refractivity (Wildman–Crippen MR) is 41.8 cm³/mol. The van der Waals surface area contributed by atoms with Gasteiger partial charge in [0.15, 0.2) is 7.98 Å². The van der Waals surface area contributed by atoms with E-state index in [0.717, 1.165) is 19.4 Å². The molecule has 1 aliphatic rings. The second kappa shape index (κ2) is 3.99. The summed E-state index contributed by atoms with van der Waals surface area (Å²) in [5, 5.41) is 8.65. The van der Waals surface area contributed by atoms with Gasteiger partial charge in [-0.25, -0.2) is 0 Å². The number of aliphatic hydroxyl groups is 1. The van der Waals surface area contributed by atoms with Crippen LogP contribution in [0.5, 0.6) is 0 Å². The molecule has 1 saturated heterocycles. The molecular weight excluding hydrogens is 125 g/mol. The van der Waals surface area contributed by atoms with E-state index in [1.54, 1.807) is 0 Å². The van der Waals surface area contributed by atoms with E-state index in [-0.39, 0.29) is 6.61 Å². The summed E-state index contributed by atoms with van der Waals surface area (Å²) in [5.41, 5.74) is 0. The van der Waals surface area contributed by atoms with Crippen molar-refractivity contribution in [2.45, 2.75) is 31.7 Å². The summed E-state index contributed by atoms with van der Waals surface area (Å²) < 4.78 is 0. The second-order valence-corrected chi connectivity index (χ2v) is 2.90. The summed E-state index contributed by atoms with van der Waals surface area (Å²) in [4.78, 5) is 1.86. The molecule has 1 fully saturated rings. The van der Waals surface area contributed by atoms with Crippen LogP contribution in [-0.4, -0.2) is 37.1 Å². The minimum atomic E-state index is 0.262. The Morgan fingerprint density at radius 1 is 1.50 bits per heavy atom. The van der Waals surface area contributed by atoms with Gasteiger partial charge in [-0.3, -0.25) is 0 Å². The highest BCUT2D eigenvalue weighted by Gasteiger charge is 2.16. The van der Waals surface area contributed by atoms with E-state index in [1.165, 1.54) is 12.8 Å². The molecule has 2 radical (unpaired) electrons. The quantitative estimate of drug-likeness (QED) is 0.556. The van der Waals surface area contributed by atoms with Gasteiger partial charge in [0.1, 0.15) is 0 Å². The van der Waals surface area contributed by atoms with Gasteiger partial charge in [0, 0.05) is 12.6 Å². The summed E-state index contributed by atoms with van der Waals surface area (Å²) >= 11 is 0. The molecule has 0 aromatic rings. The SMILES string of the molecule is [B]N1CCCCC1CCO. The zero-order valence-electron chi connectivity index (χ0n) is 6.29. The summed E-state index contributed by atoms with van der Waals surface area (Å²) in [7, 11) is 5.69. The molecule has 1 unspecified atom stereocenters. The third kappa shape index (κ3) is 1.99. The first kappa shape index (κ1) is 8.09. The third-order valence-corrected chi connectivity index (χ3v) is 2.14. The lowest BCUT2D eigenvalue weighted by Crippen LogP contribution is -2.37. The van der Waals surface area contributed by atoms with Crippen molar-refractivity contribution in [1.82, 2.24) is 4.81 Å². The summed E-state index contributed by atoms with van der Waals surface area (Å²) in [6.07, 6.45) is 4.45. The van der Waals surface area contributed by atoms with Crippen molar-refractivity contribution in [1.29, 1.82) is 0 Å². The first-order valence-corrected chi connectivity index (χ1v) is 3.97. The molecule has 1 rings (SSSR count). The predicted octanol–water partition coefficient (Wildman–Crippen LogP) is 0.307. The maximum absolute atomic E-state index is 8.65. The lowest BCUT2D eigenvalue weighted by Gasteiger charge is -2.32. The third-order valence-electron chi connectivity index (χ3n) is 2.14. The number of hydrogen-bond acceptors (Lipinski definition) is 2. The number of aliphatic hydroxyl groups excluding tert-OH is 1. The number of hydrogen-bond donors (Lipinski definition) is 1. The molecule has 1 heterocycles. The van der Waals surface area contributed by atoms with Crippen LogP contribution in [0, 0.1) is 0 Å². The number of rotatable bonds is 2. The molecule has 10 heavy (non-hydrogen) atoms. The Kier molecular flexibility index (Phi) is 3.22. The lowest BCUT2D eigenvalue weighted by molar-refractivity contribution is 0.196. The monoisotopic (exact) mass is 139 g/mol. The highest BCUT2D eigenvalue weighted by molar-refractivity contribution is 6.04. The zero-order chi connectivity index (χ0) is 7.40. The van der Waals surface area contributed by atoms with Crippen LogP contribution in [0.2, 0.25) is 0 Å². The average molecular weight is 139 g/mol. The first-order chi connectivity index (χ1) is 4.84. The van der Waals surface area contributed by atoms with Gasteiger partial charge >= 0.3 is 0 Å². The average Bonchev–Trinajstić information content (AvgIpc) is 1.94. The Morgan fingerprint density at radius 3 is 2.90 bits per heavy atom. The molecule has 0 aliphatic carbocycles. The summed E-state index contributed by atoms with van der Waals surface area (Å²) in [5.74, 6) is 0. The van der Waals surface area contributed by atoms with Crippen LogP contribution < -0.4 is 0 Å². The maximum atomic E-state index is 8.65. The van der Waals surface area contributed by atoms with Crippen molar-refractivity contribution in [3.63, 3.8) is 0 Å². The van der Waals surface area contributed by atoms with Crippen LogP contribution in [0.3, 0.4) is 0 Å². The Balaban J connectivity index is 2.25. The second-order valence-electron chi connectivity index (χ2n) is 2.90. The largest absolute Gasteiger partial charge is 0.396 e. The van der Waals surface area contributed by atoms with E-state index in [0.29, 0.717) is 6.04 Å². The fraction of sp³-hybridized carbons (Fsp3) is 1.00. The van der Waals surface area contributed by atoms with Gasteiger partial charge in [-0.1, -0.05) is 6.42 Å². The Hall–Kier alpha value is -0.0151. The van der Waals surface area contributed by atoms with Gasteiger partial charge in [-0.2, -0.15) is 0 Å². The van der Waals surface area contributed by atoms with Crippen LogP contribution in [0.1, 0.15) is 25.7 Å². The molecule has 0 aromatic heterocycles. The highest BCUT2D eigenvalue weighted by Crippen LogP contribution is 2.16. The zero-order valence-corrected chi connectivity index (χ0v) is 6.29. The topological polar surface area (TPSA) is 23.5 Å². The molecule has 2 nitrogen and oxygen atoms in total. The summed E-state index contributed by atoms with van der Waals surface area (Å²) in [6.45, 7) is 1.25. The Bertz CT molecular complexity index is 97.6. The standard InChI is InChI=1S/C7H14BNO/c8-9-5-2-1-3-7(9)4-6-10/h7,10H,1-6H2. The van der Waals surface area contributed by atoms with Crippen LogP contribution in [-0.2, 0) is 0 Å². The van der Waals surface area contributed by atoms with E-state index >= 15 is 0 Å². The molecule has 1 aliphatic heterocycles. The minimum absolute atomic E-state index is 0.262. The number of nitrogens with zero attached hydrogens (tertiary/aromatic N) is 1. The van der Waals surface area contributed by atoms with Crippen LogP contribution >= 0.6 is 0 Å². The van der Waals surface area contributed by atoms with Crippen LogP contribution in [0.25, 0.3) is 0 Å². The van der Waals surface area contributed by atoms with E-state index in [9.17, 15) is 0 Å². The Labute approximate surface area is 63.7 Å². The van der Waals surface area contributed by atoms with Crippen molar-refractivity contribution >= 4 is 7.98 Å². The normalized spacial score (nSPS) is 28.7. The molecular formula is C7H14BNO. The molecule has 3 heteroatoms. The van der Waals surface area contributed by atoms with Crippen molar-refractivity contribution < 1.29 is 5.11 Å². The van der Waals surface area contributed by atoms with Crippen molar-refractivity contribution in [3.8, 4) is 0 Å². The smallest absolute Gasteiger partial charge is 0.182 e. The van der Waals surface area contributed by atoms with Gasteiger partial charge in [-0.05, 0) is 25.8 Å². The van der Waals surface area contributed by atoms with Gasteiger partial charge in [0.25, 0.3) is 0 Å². The van der Waals surface area contributed by atoms with Crippen molar-refractivity contribution in [2.75, 3.05) is 13.2 Å². The lowest BCUT2D eigenvalue weighted by atomic mass is 9.96. The highest BCUT2D eigenvalue weighted by atomic mass is 16.3. The van der Waals surface area contributed by atoms with Gasteiger partial charge in [0.2, 0.25) is 0 Å². The van der Waals surface area contributed by atoms with Gasteiger partial charge in [0.05, 0.1) is 0 Å². The molecule has 56 valence electrons. The molecule has 0 amide bonds. The molecule has 0 spiro atoms. The van der Waals surface area contributed by atoms with E-state index in [1.807, 2.05) is 4.81 Å². The van der Waals surface area contributed by atoms with Crippen LogP contribution in [0.15, 0.2) is 0 Å². The maximum Gasteiger partial charge on any atom is 0.182 e. The van der Waals surface area contributed by atoms with E-state index < -0.39 is 0 Å². The van der Waals surface area contributed by atoms with Crippen molar-refractivity contribution in [2.24, 2.45) is 0 Å². The summed E-state index contributed by atoms with van der Waals surface area (Å²) in [6, 6.07) is 0.429. The fourth-order valence-electron chi connectivity index (χ4n) is 1.48. The molecule has 0 bridgehead atoms. The molecule has 1 N–H and O–H groups in total. The fourth-order valence-corrected chi connectivity index (χ4v) is 1.48. The van der Waals surface area contributed by atoms with Crippen LogP contribution in [0.4, 0.5) is 0 Å². The van der Waals surface area contributed by atoms with Gasteiger partial charge < -0.3 is 9.92 Å². The Morgan fingerprint density at radius 2 is 2.30 bits per heavy atom. The molecule has 0 aromatic carbocycles. The molecule has 0 saturated carbocycles. The van der Waals surface area contributed by atoms with Gasteiger partial charge in [-0.15, -0.1) is 0 Å². The number of piperidine rings is 1. The first-order valence-electron chi connectivity index (χ1n) is 3.97. The van der Waals surface area contributed by atoms with E-state index in [2.05, 4.69) is 0 Å². The van der Waals surface area contributed by atoms with Crippen molar-refractivity contribution in [3.05, 3.63) is 0 Å². The van der Waals surface area contributed by atoms with E-state index in [4.69, 9.17) is 13.1 Å².